The monoisotopic (exact) mass is 470 g/mol. The number of halogens is 2. The van der Waals surface area contributed by atoms with E-state index in [9.17, 15) is 22.0 Å². The van der Waals surface area contributed by atoms with Gasteiger partial charge in [0.2, 0.25) is 15.9 Å². The van der Waals surface area contributed by atoms with E-state index in [0.29, 0.717) is 29.6 Å². The summed E-state index contributed by atoms with van der Waals surface area (Å²) in [6.07, 6.45) is 0. The summed E-state index contributed by atoms with van der Waals surface area (Å²) in [5.74, 6) is -1.12. The maximum atomic E-state index is 13.3. The van der Waals surface area contributed by atoms with Crippen molar-refractivity contribution in [3.8, 4) is 11.5 Å². The first-order valence-corrected chi connectivity index (χ1v) is 12.0. The Morgan fingerprint density at radius 2 is 1.65 bits per heavy atom. The first kappa shape index (κ1) is 21.8. The number of rotatable bonds is 5. The third-order valence-electron chi connectivity index (χ3n) is 5.00. The van der Waals surface area contributed by atoms with Crippen molar-refractivity contribution >= 4 is 27.7 Å². The van der Waals surface area contributed by atoms with Gasteiger partial charge in [-0.3, -0.25) is 4.79 Å². The van der Waals surface area contributed by atoms with Crippen LogP contribution in [0.1, 0.15) is 0 Å². The van der Waals surface area contributed by atoms with Crippen molar-refractivity contribution in [2.45, 2.75) is 9.79 Å². The Kier molecular flexibility index (Phi) is 6.35. The SMILES string of the molecule is O=C(CSc1ccc(F)c(F)c1)N1CCN(S(=O)(=O)c2ccc3c(c2)OCCO3)CC1. The van der Waals surface area contributed by atoms with Crippen LogP contribution in [0.3, 0.4) is 0 Å². The van der Waals surface area contributed by atoms with Crippen molar-refractivity contribution in [2.24, 2.45) is 0 Å². The van der Waals surface area contributed by atoms with E-state index < -0.39 is 21.7 Å². The van der Waals surface area contributed by atoms with Gasteiger partial charge in [0.15, 0.2) is 23.1 Å². The van der Waals surface area contributed by atoms with Crippen molar-refractivity contribution in [1.29, 1.82) is 0 Å². The number of piperazine rings is 1. The number of nitrogens with zero attached hydrogens (tertiary/aromatic N) is 2. The molecule has 0 spiro atoms. The topological polar surface area (TPSA) is 76.2 Å². The van der Waals surface area contributed by atoms with Gasteiger partial charge >= 0.3 is 0 Å². The van der Waals surface area contributed by atoms with Crippen LogP contribution in [0.5, 0.6) is 11.5 Å². The second kappa shape index (κ2) is 9.01. The number of carbonyl (C=O) groups is 1. The molecule has 0 aromatic heterocycles. The number of fused-ring (bicyclic) bond motifs is 1. The van der Waals surface area contributed by atoms with E-state index in [0.717, 1.165) is 23.9 Å². The molecule has 0 radical (unpaired) electrons. The summed E-state index contributed by atoms with van der Waals surface area (Å²) < 4.78 is 64.5. The molecule has 2 aliphatic heterocycles. The standard InChI is InChI=1S/C20H20F2N2O5S2/c21-16-3-1-14(11-17(16)22)30-13-20(25)23-5-7-24(8-6-23)31(26,27)15-2-4-18-19(12-15)29-10-9-28-18/h1-4,11-12H,5-10,13H2. The van der Waals surface area contributed by atoms with Gasteiger partial charge in [0, 0.05) is 37.1 Å². The number of amides is 1. The predicted octanol–water partition coefficient (Wildman–Crippen LogP) is 2.36. The third-order valence-corrected chi connectivity index (χ3v) is 7.87. The van der Waals surface area contributed by atoms with Crippen LogP contribution in [0.2, 0.25) is 0 Å². The zero-order chi connectivity index (χ0) is 22.0. The smallest absolute Gasteiger partial charge is 0.243 e. The van der Waals surface area contributed by atoms with Gasteiger partial charge < -0.3 is 14.4 Å². The molecular weight excluding hydrogens is 450 g/mol. The highest BCUT2D eigenvalue weighted by Crippen LogP contribution is 2.33. The number of carbonyl (C=O) groups excluding carboxylic acids is 1. The average molecular weight is 471 g/mol. The lowest BCUT2D eigenvalue weighted by Gasteiger charge is -2.34. The maximum Gasteiger partial charge on any atom is 0.243 e. The van der Waals surface area contributed by atoms with E-state index in [1.54, 1.807) is 11.0 Å². The van der Waals surface area contributed by atoms with Crippen LogP contribution in [0, 0.1) is 11.6 Å². The summed E-state index contributed by atoms with van der Waals surface area (Å²) in [6, 6.07) is 8.00. The van der Waals surface area contributed by atoms with Crippen LogP contribution < -0.4 is 9.47 Å². The van der Waals surface area contributed by atoms with Gasteiger partial charge in [-0.25, -0.2) is 17.2 Å². The molecule has 0 bridgehead atoms. The maximum absolute atomic E-state index is 13.3. The Balaban J connectivity index is 1.34. The Morgan fingerprint density at radius 1 is 0.935 bits per heavy atom. The molecule has 1 amide bonds. The lowest BCUT2D eigenvalue weighted by molar-refractivity contribution is -0.129. The van der Waals surface area contributed by atoms with Gasteiger partial charge in [0.1, 0.15) is 13.2 Å². The summed E-state index contributed by atoms with van der Waals surface area (Å²) in [6.45, 7) is 1.61. The number of benzene rings is 2. The molecule has 0 unspecified atom stereocenters. The summed E-state index contributed by atoms with van der Waals surface area (Å²) in [5, 5.41) is 0. The lowest BCUT2D eigenvalue weighted by atomic mass is 10.3. The van der Waals surface area contributed by atoms with Gasteiger partial charge in [0.25, 0.3) is 0 Å². The van der Waals surface area contributed by atoms with E-state index in [2.05, 4.69) is 0 Å². The van der Waals surface area contributed by atoms with Crippen molar-refractivity contribution in [3.63, 3.8) is 0 Å². The van der Waals surface area contributed by atoms with E-state index in [4.69, 9.17) is 9.47 Å². The highest BCUT2D eigenvalue weighted by molar-refractivity contribution is 8.00. The van der Waals surface area contributed by atoms with Gasteiger partial charge in [-0.05, 0) is 30.3 Å². The van der Waals surface area contributed by atoms with Crippen molar-refractivity contribution in [3.05, 3.63) is 48.0 Å². The fourth-order valence-corrected chi connectivity index (χ4v) is 5.58. The van der Waals surface area contributed by atoms with Crippen molar-refractivity contribution in [1.82, 2.24) is 9.21 Å². The lowest BCUT2D eigenvalue weighted by Crippen LogP contribution is -2.50. The summed E-state index contributed by atoms with van der Waals surface area (Å²) in [5.41, 5.74) is 0. The molecule has 2 aromatic carbocycles. The highest BCUT2D eigenvalue weighted by atomic mass is 32.2. The van der Waals surface area contributed by atoms with E-state index in [1.165, 1.54) is 22.5 Å². The molecule has 31 heavy (non-hydrogen) atoms. The molecule has 4 rings (SSSR count). The Bertz CT molecular complexity index is 1090. The second-order valence-electron chi connectivity index (χ2n) is 6.95. The van der Waals surface area contributed by atoms with Crippen LogP contribution >= 0.6 is 11.8 Å². The van der Waals surface area contributed by atoms with Crippen molar-refractivity contribution in [2.75, 3.05) is 45.1 Å². The van der Waals surface area contributed by atoms with Crippen LogP contribution in [-0.2, 0) is 14.8 Å². The van der Waals surface area contributed by atoms with Crippen molar-refractivity contribution < 1.29 is 31.5 Å². The van der Waals surface area contributed by atoms with E-state index in [-0.39, 0.29) is 42.7 Å². The molecule has 0 N–H and O–H groups in total. The largest absolute Gasteiger partial charge is 0.486 e. The van der Waals surface area contributed by atoms with Gasteiger partial charge in [-0.15, -0.1) is 11.8 Å². The second-order valence-corrected chi connectivity index (χ2v) is 9.94. The minimum absolute atomic E-state index is 0.0555. The number of hydrogen-bond acceptors (Lipinski definition) is 6. The van der Waals surface area contributed by atoms with Crippen LogP contribution in [0.4, 0.5) is 8.78 Å². The molecule has 2 aliphatic rings. The fraction of sp³-hybridized carbons (Fsp3) is 0.350. The third kappa shape index (κ3) is 4.78. The number of hydrogen-bond donors (Lipinski definition) is 0. The van der Waals surface area contributed by atoms with Crippen LogP contribution in [0.25, 0.3) is 0 Å². The number of sulfonamides is 1. The molecule has 1 fully saturated rings. The highest BCUT2D eigenvalue weighted by Gasteiger charge is 2.31. The quantitative estimate of drug-likeness (QED) is 0.625. The molecular formula is C20H20F2N2O5S2. The first-order valence-electron chi connectivity index (χ1n) is 9.60. The molecule has 1 saturated heterocycles. The molecule has 2 heterocycles. The predicted molar refractivity (Wildman–Crippen MR) is 110 cm³/mol. The summed E-state index contributed by atoms with van der Waals surface area (Å²) >= 11 is 1.11. The van der Waals surface area contributed by atoms with E-state index >= 15 is 0 Å². The summed E-state index contributed by atoms with van der Waals surface area (Å²) in [7, 11) is -3.73. The minimum atomic E-state index is -3.73. The first-order chi connectivity index (χ1) is 14.8. The Hall–Kier alpha value is -2.37. The molecule has 11 heteroatoms. The minimum Gasteiger partial charge on any atom is -0.486 e. The molecule has 0 aliphatic carbocycles. The molecule has 166 valence electrons. The zero-order valence-corrected chi connectivity index (χ0v) is 18.1. The zero-order valence-electron chi connectivity index (χ0n) is 16.4. The average Bonchev–Trinajstić information content (AvgIpc) is 2.79. The molecule has 2 aromatic rings. The van der Waals surface area contributed by atoms with Gasteiger partial charge in [-0.1, -0.05) is 0 Å². The van der Waals surface area contributed by atoms with Gasteiger partial charge in [0.05, 0.1) is 10.6 Å². The fourth-order valence-electron chi connectivity index (χ4n) is 3.31. The molecule has 0 saturated carbocycles. The van der Waals surface area contributed by atoms with Crippen LogP contribution in [-0.4, -0.2) is 68.7 Å². The van der Waals surface area contributed by atoms with Gasteiger partial charge in [-0.2, -0.15) is 4.31 Å². The normalized spacial score (nSPS) is 16.9. The number of ether oxygens (including phenoxy) is 2. The summed E-state index contributed by atoms with van der Waals surface area (Å²) in [4.78, 5) is 14.6. The Morgan fingerprint density at radius 3 is 2.35 bits per heavy atom. The van der Waals surface area contributed by atoms with Crippen LogP contribution in [0.15, 0.2) is 46.2 Å². The van der Waals surface area contributed by atoms with E-state index in [1.807, 2.05) is 0 Å². The molecule has 0 atom stereocenters. The molecule has 7 nitrogen and oxygen atoms in total. The Labute approximate surface area is 183 Å². The number of thioether (sulfide) groups is 1.